The van der Waals surface area contributed by atoms with E-state index in [2.05, 4.69) is 12.2 Å². The van der Waals surface area contributed by atoms with Crippen LogP contribution in [-0.2, 0) is 14.4 Å². The Balaban J connectivity index is -0.000000440. The Kier molecular flexibility index (Phi) is 28.0. The molecule has 1 fully saturated rings. The van der Waals surface area contributed by atoms with Crippen molar-refractivity contribution < 1.29 is 14.4 Å². The molecule has 27 heavy (non-hydrogen) atoms. The zero-order chi connectivity index (χ0) is 21.5. The van der Waals surface area contributed by atoms with Crippen molar-refractivity contribution in [3.63, 3.8) is 0 Å². The van der Waals surface area contributed by atoms with E-state index in [4.69, 9.17) is 0 Å². The molecule has 0 aromatic carbocycles. The van der Waals surface area contributed by atoms with E-state index in [1.165, 1.54) is 30.7 Å². The summed E-state index contributed by atoms with van der Waals surface area (Å²) >= 11 is 0. The van der Waals surface area contributed by atoms with Gasteiger partial charge in [0.1, 0.15) is 6.29 Å². The van der Waals surface area contributed by atoms with Crippen LogP contribution >= 0.6 is 0 Å². The van der Waals surface area contributed by atoms with E-state index in [0.717, 1.165) is 32.0 Å². The molecule has 162 valence electrons. The minimum Gasteiger partial charge on any atom is -0.320 e. The first kappa shape index (κ1) is 30.5. The number of carbonyl (C=O) groups excluding carboxylic acids is 3. The third kappa shape index (κ3) is 17.9. The van der Waals surface area contributed by atoms with Crippen molar-refractivity contribution in [2.45, 2.75) is 99.3 Å². The molecule has 1 N–H and O–H groups in total. The standard InChI is InChI=1S/C12H19NO3.C6H15N.2C2H6/c1-10-9-11(15)13(12(10)16)7-5-3-2-4-6-8-14;1-3-4-5-6-7-2;2*1-2/h8,10H,2-7,9H2,1H3;7H,3-6H2,1-2H3;2*1-2H3. The van der Waals surface area contributed by atoms with Gasteiger partial charge in [0.25, 0.3) is 0 Å². The number of amides is 2. The summed E-state index contributed by atoms with van der Waals surface area (Å²) in [5.74, 6) is -0.203. The first-order chi connectivity index (χ1) is 13.1. The van der Waals surface area contributed by atoms with Crippen molar-refractivity contribution in [1.82, 2.24) is 10.2 Å². The highest BCUT2D eigenvalue weighted by Crippen LogP contribution is 2.19. The molecule has 0 aromatic rings. The molecule has 2 amide bonds. The van der Waals surface area contributed by atoms with Gasteiger partial charge in [0.15, 0.2) is 0 Å². The molecule has 1 atom stereocenters. The summed E-state index contributed by atoms with van der Waals surface area (Å²) in [4.78, 5) is 34.4. The molecule has 0 spiro atoms. The highest BCUT2D eigenvalue weighted by Gasteiger charge is 2.34. The van der Waals surface area contributed by atoms with Gasteiger partial charge in [-0.25, -0.2) is 0 Å². The number of unbranched alkanes of at least 4 members (excludes halogenated alkanes) is 6. The maximum atomic E-state index is 11.5. The van der Waals surface area contributed by atoms with Gasteiger partial charge in [-0.15, -0.1) is 0 Å². The fourth-order valence-corrected chi connectivity index (χ4v) is 2.49. The molecule has 5 nitrogen and oxygen atoms in total. The Bertz CT molecular complexity index is 342. The third-order valence-corrected chi connectivity index (χ3v) is 3.95. The normalized spacial score (nSPS) is 15.1. The maximum Gasteiger partial charge on any atom is 0.232 e. The fourth-order valence-electron chi connectivity index (χ4n) is 2.49. The zero-order valence-electron chi connectivity index (χ0n) is 19.1. The summed E-state index contributed by atoms with van der Waals surface area (Å²) in [6, 6.07) is 0. The summed E-state index contributed by atoms with van der Waals surface area (Å²) < 4.78 is 0. The molecule has 0 aliphatic carbocycles. The van der Waals surface area contributed by atoms with Crippen LogP contribution in [0.4, 0.5) is 0 Å². The van der Waals surface area contributed by atoms with Crippen LogP contribution in [0.1, 0.15) is 99.3 Å². The minimum absolute atomic E-state index is 0.0297. The van der Waals surface area contributed by atoms with E-state index < -0.39 is 0 Å². The second kappa shape index (κ2) is 24.8. The van der Waals surface area contributed by atoms with Crippen LogP contribution in [0.15, 0.2) is 0 Å². The van der Waals surface area contributed by atoms with Crippen LogP contribution in [-0.4, -0.2) is 43.1 Å². The molecular weight excluding hydrogens is 340 g/mol. The highest BCUT2D eigenvalue weighted by atomic mass is 16.2. The average Bonchev–Trinajstić information content (AvgIpc) is 2.94. The van der Waals surface area contributed by atoms with Crippen molar-refractivity contribution in [1.29, 1.82) is 0 Å². The van der Waals surface area contributed by atoms with Crippen LogP contribution in [0.25, 0.3) is 0 Å². The largest absolute Gasteiger partial charge is 0.320 e. The van der Waals surface area contributed by atoms with Gasteiger partial charge in [0.05, 0.1) is 0 Å². The molecule has 1 saturated heterocycles. The first-order valence-corrected chi connectivity index (χ1v) is 11.0. The Morgan fingerprint density at radius 3 is 2.04 bits per heavy atom. The first-order valence-electron chi connectivity index (χ1n) is 11.0. The lowest BCUT2D eigenvalue weighted by Crippen LogP contribution is -2.31. The summed E-state index contributed by atoms with van der Waals surface area (Å²) in [6.45, 7) is 13.7. The lowest BCUT2D eigenvalue weighted by Gasteiger charge is -2.13. The van der Waals surface area contributed by atoms with E-state index in [1.807, 2.05) is 34.7 Å². The number of rotatable bonds is 11. The Morgan fingerprint density at radius 1 is 1.00 bits per heavy atom. The average molecular weight is 387 g/mol. The van der Waals surface area contributed by atoms with Crippen LogP contribution in [0.2, 0.25) is 0 Å². The van der Waals surface area contributed by atoms with Gasteiger partial charge in [0, 0.05) is 25.3 Å². The summed E-state index contributed by atoms with van der Waals surface area (Å²) in [5, 5.41) is 3.10. The third-order valence-electron chi connectivity index (χ3n) is 3.95. The minimum atomic E-state index is -0.137. The van der Waals surface area contributed by atoms with Crippen molar-refractivity contribution in [2.24, 2.45) is 5.92 Å². The van der Waals surface area contributed by atoms with E-state index in [9.17, 15) is 14.4 Å². The van der Waals surface area contributed by atoms with Gasteiger partial charge in [-0.1, -0.05) is 67.2 Å². The molecule has 0 saturated carbocycles. The van der Waals surface area contributed by atoms with E-state index >= 15 is 0 Å². The molecule has 0 bridgehead atoms. The number of imide groups is 1. The van der Waals surface area contributed by atoms with Crippen LogP contribution in [0.3, 0.4) is 0 Å². The number of nitrogens with zero attached hydrogens (tertiary/aromatic N) is 1. The number of hydrogen-bond acceptors (Lipinski definition) is 4. The topological polar surface area (TPSA) is 66.5 Å². The Hall–Kier alpha value is -1.23. The Morgan fingerprint density at radius 2 is 1.59 bits per heavy atom. The molecule has 1 aliphatic rings. The SMILES string of the molecule is CC.CC.CC1CC(=O)N(CCCCCCC=O)C1=O.CCCCCNC. The molecular formula is C22H46N2O3. The maximum absolute atomic E-state index is 11.5. The van der Waals surface area contributed by atoms with Crippen molar-refractivity contribution in [2.75, 3.05) is 20.1 Å². The molecule has 1 rings (SSSR count). The van der Waals surface area contributed by atoms with E-state index in [-0.39, 0.29) is 17.7 Å². The molecule has 1 unspecified atom stereocenters. The number of likely N-dealkylation sites (tertiary alicyclic amines) is 1. The summed E-state index contributed by atoms with van der Waals surface area (Å²) in [6.07, 6.45) is 9.63. The van der Waals surface area contributed by atoms with Crippen molar-refractivity contribution in [3.8, 4) is 0 Å². The molecule has 0 aromatic heterocycles. The number of carbonyl (C=O) groups is 3. The highest BCUT2D eigenvalue weighted by molar-refractivity contribution is 6.03. The monoisotopic (exact) mass is 386 g/mol. The fraction of sp³-hybridized carbons (Fsp3) is 0.864. The van der Waals surface area contributed by atoms with Gasteiger partial charge in [-0.3, -0.25) is 14.5 Å². The smallest absolute Gasteiger partial charge is 0.232 e. The van der Waals surface area contributed by atoms with Crippen molar-refractivity contribution >= 4 is 18.1 Å². The number of aldehydes is 1. The molecule has 5 heteroatoms. The van der Waals surface area contributed by atoms with Gasteiger partial charge >= 0.3 is 0 Å². The second-order valence-electron chi connectivity index (χ2n) is 6.17. The predicted molar refractivity (Wildman–Crippen MR) is 116 cm³/mol. The van der Waals surface area contributed by atoms with Crippen LogP contribution in [0, 0.1) is 5.92 Å². The lowest BCUT2D eigenvalue weighted by molar-refractivity contribution is -0.139. The van der Waals surface area contributed by atoms with E-state index in [0.29, 0.717) is 19.4 Å². The Labute approximate surface area is 168 Å². The summed E-state index contributed by atoms with van der Waals surface area (Å²) in [5.41, 5.74) is 0. The lowest BCUT2D eigenvalue weighted by atomic mass is 10.1. The van der Waals surface area contributed by atoms with Gasteiger partial charge in [-0.2, -0.15) is 0 Å². The zero-order valence-corrected chi connectivity index (χ0v) is 19.1. The van der Waals surface area contributed by atoms with Gasteiger partial charge < -0.3 is 10.1 Å². The summed E-state index contributed by atoms with van der Waals surface area (Å²) in [7, 11) is 2.00. The van der Waals surface area contributed by atoms with Crippen molar-refractivity contribution in [3.05, 3.63) is 0 Å². The quantitative estimate of drug-likeness (QED) is 0.309. The van der Waals surface area contributed by atoms with Crippen LogP contribution < -0.4 is 5.32 Å². The van der Waals surface area contributed by atoms with Crippen LogP contribution in [0.5, 0.6) is 0 Å². The molecule has 1 aliphatic heterocycles. The number of nitrogens with one attached hydrogen (secondary N) is 1. The number of hydrogen-bond donors (Lipinski definition) is 1. The van der Waals surface area contributed by atoms with E-state index in [1.54, 1.807) is 6.92 Å². The molecule has 1 heterocycles. The predicted octanol–water partition coefficient (Wildman–Crippen LogP) is 4.98. The molecule has 0 radical (unpaired) electrons. The van der Waals surface area contributed by atoms with Gasteiger partial charge in [0.2, 0.25) is 11.8 Å². The second-order valence-corrected chi connectivity index (χ2v) is 6.17. The van der Waals surface area contributed by atoms with Gasteiger partial charge in [-0.05, 0) is 32.9 Å².